The van der Waals surface area contributed by atoms with E-state index in [0.29, 0.717) is 12.2 Å². The predicted molar refractivity (Wildman–Crippen MR) is 84.6 cm³/mol. The van der Waals surface area contributed by atoms with Gasteiger partial charge in [-0.15, -0.1) is 0 Å². The van der Waals surface area contributed by atoms with Gasteiger partial charge in [-0.05, 0) is 37.6 Å². The molecule has 0 unspecified atom stereocenters. The van der Waals surface area contributed by atoms with Crippen LogP contribution in [0.3, 0.4) is 0 Å². The molecule has 1 N–H and O–H groups in total. The van der Waals surface area contributed by atoms with Gasteiger partial charge in [-0.25, -0.2) is 14.1 Å². The fourth-order valence-electron chi connectivity index (χ4n) is 2.38. The number of hydrogen-bond donors (Lipinski definition) is 1. The Hall–Kier alpha value is -2.54. The standard InChI is InChI=1S/C16H19FN6/c1-12(13(2)22-7-3-6-20-22)19-9-14-4-5-16(15(17)8-14)23-11-18-10-21-23/h3-8,10-13,19H,9H2,1-2H3/t12-,13+/m0/s1. The third-order valence-electron chi connectivity index (χ3n) is 3.97. The van der Waals surface area contributed by atoms with Gasteiger partial charge in [0.2, 0.25) is 0 Å². The van der Waals surface area contributed by atoms with Crippen molar-refractivity contribution in [3.63, 3.8) is 0 Å². The Morgan fingerprint density at radius 1 is 1.26 bits per heavy atom. The van der Waals surface area contributed by atoms with Gasteiger partial charge in [0.1, 0.15) is 24.2 Å². The Labute approximate surface area is 134 Å². The largest absolute Gasteiger partial charge is 0.308 e. The van der Waals surface area contributed by atoms with E-state index in [1.807, 2.05) is 23.0 Å². The summed E-state index contributed by atoms with van der Waals surface area (Å²) in [6.07, 6.45) is 6.56. The summed E-state index contributed by atoms with van der Waals surface area (Å²) in [6.45, 7) is 4.77. The van der Waals surface area contributed by atoms with Crippen molar-refractivity contribution in [1.82, 2.24) is 29.9 Å². The van der Waals surface area contributed by atoms with Crippen molar-refractivity contribution < 1.29 is 4.39 Å². The topological polar surface area (TPSA) is 60.6 Å². The number of hydrogen-bond acceptors (Lipinski definition) is 4. The van der Waals surface area contributed by atoms with E-state index in [9.17, 15) is 4.39 Å². The number of benzene rings is 1. The minimum Gasteiger partial charge on any atom is -0.308 e. The van der Waals surface area contributed by atoms with Crippen LogP contribution in [0.15, 0.2) is 49.3 Å². The van der Waals surface area contributed by atoms with E-state index >= 15 is 0 Å². The van der Waals surface area contributed by atoms with Gasteiger partial charge in [0.15, 0.2) is 0 Å². The maximum atomic E-state index is 14.2. The zero-order valence-electron chi connectivity index (χ0n) is 13.1. The van der Waals surface area contributed by atoms with Gasteiger partial charge in [0, 0.05) is 25.0 Å². The number of rotatable bonds is 6. The zero-order valence-corrected chi connectivity index (χ0v) is 13.1. The molecule has 2 aromatic heterocycles. The molecule has 0 fully saturated rings. The first-order chi connectivity index (χ1) is 11.1. The van der Waals surface area contributed by atoms with Crippen LogP contribution in [-0.4, -0.2) is 30.6 Å². The highest BCUT2D eigenvalue weighted by atomic mass is 19.1. The van der Waals surface area contributed by atoms with Crippen molar-refractivity contribution in [2.45, 2.75) is 32.5 Å². The first-order valence-corrected chi connectivity index (χ1v) is 7.51. The van der Waals surface area contributed by atoms with E-state index in [2.05, 4.69) is 34.3 Å². The summed E-state index contributed by atoms with van der Waals surface area (Å²) in [5, 5.41) is 11.6. The van der Waals surface area contributed by atoms with Crippen LogP contribution >= 0.6 is 0 Å². The summed E-state index contributed by atoms with van der Waals surface area (Å²) < 4.78 is 17.5. The summed E-state index contributed by atoms with van der Waals surface area (Å²) >= 11 is 0. The predicted octanol–water partition coefficient (Wildman–Crippen LogP) is 2.34. The van der Waals surface area contributed by atoms with Gasteiger partial charge >= 0.3 is 0 Å². The lowest BCUT2D eigenvalue weighted by atomic mass is 10.1. The molecule has 0 radical (unpaired) electrons. The van der Waals surface area contributed by atoms with E-state index in [4.69, 9.17) is 0 Å². The molecule has 0 aliphatic heterocycles. The van der Waals surface area contributed by atoms with Crippen LogP contribution in [0.1, 0.15) is 25.5 Å². The molecule has 0 aliphatic carbocycles. The maximum Gasteiger partial charge on any atom is 0.149 e. The molecule has 0 saturated heterocycles. The molecule has 0 amide bonds. The van der Waals surface area contributed by atoms with Crippen LogP contribution < -0.4 is 5.32 Å². The highest BCUT2D eigenvalue weighted by molar-refractivity contribution is 5.35. The van der Waals surface area contributed by atoms with Gasteiger partial charge in [-0.2, -0.15) is 10.2 Å². The minimum absolute atomic E-state index is 0.202. The molecule has 0 spiro atoms. The van der Waals surface area contributed by atoms with Crippen molar-refractivity contribution in [2.24, 2.45) is 0 Å². The average molecular weight is 314 g/mol. The lowest BCUT2D eigenvalue weighted by Crippen LogP contribution is -2.33. The quantitative estimate of drug-likeness (QED) is 0.758. The molecule has 23 heavy (non-hydrogen) atoms. The molecule has 7 heteroatoms. The summed E-state index contributed by atoms with van der Waals surface area (Å²) in [4.78, 5) is 3.83. The van der Waals surface area contributed by atoms with Gasteiger partial charge < -0.3 is 5.32 Å². The van der Waals surface area contributed by atoms with Gasteiger partial charge in [0.05, 0.1) is 6.04 Å². The van der Waals surface area contributed by atoms with Crippen LogP contribution in [0.25, 0.3) is 5.69 Å². The third-order valence-corrected chi connectivity index (χ3v) is 3.97. The minimum atomic E-state index is -0.317. The van der Waals surface area contributed by atoms with E-state index in [0.717, 1.165) is 5.56 Å². The number of nitrogens with zero attached hydrogens (tertiary/aromatic N) is 5. The van der Waals surface area contributed by atoms with Crippen LogP contribution in [-0.2, 0) is 6.54 Å². The monoisotopic (exact) mass is 314 g/mol. The molecular weight excluding hydrogens is 295 g/mol. The highest BCUT2D eigenvalue weighted by Crippen LogP contribution is 2.15. The molecule has 0 saturated carbocycles. The molecule has 2 heterocycles. The van der Waals surface area contributed by atoms with Crippen molar-refractivity contribution in [1.29, 1.82) is 0 Å². The Morgan fingerprint density at radius 3 is 2.78 bits per heavy atom. The Bertz CT molecular complexity index is 738. The smallest absolute Gasteiger partial charge is 0.149 e. The fourth-order valence-corrected chi connectivity index (χ4v) is 2.38. The molecule has 0 aliphatic rings. The van der Waals surface area contributed by atoms with E-state index in [1.165, 1.54) is 23.4 Å². The molecule has 3 aromatic rings. The SMILES string of the molecule is C[C@H](NCc1ccc(-n2cncn2)c(F)c1)[C@@H](C)n1cccn1. The summed E-state index contributed by atoms with van der Waals surface area (Å²) in [5.41, 5.74) is 1.27. The van der Waals surface area contributed by atoms with E-state index in [1.54, 1.807) is 12.3 Å². The summed E-state index contributed by atoms with van der Waals surface area (Å²) in [5.74, 6) is -0.317. The van der Waals surface area contributed by atoms with Crippen LogP contribution in [0.2, 0.25) is 0 Å². The first-order valence-electron chi connectivity index (χ1n) is 7.51. The fraction of sp³-hybridized carbons (Fsp3) is 0.312. The molecule has 6 nitrogen and oxygen atoms in total. The van der Waals surface area contributed by atoms with E-state index in [-0.39, 0.29) is 17.9 Å². The average Bonchev–Trinajstić information content (AvgIpc) is 3.25. The Kier molecular flexibility index (Phi) is 4.47. The van der Waals surface area contributed by atoms with Crippen molar-refractivity contribution in [3.8, 4) is 5.69 Å². The lowest BCUT2D eigenvalue weighted by molar-refractivity contribution is 0.365. The van der Waals surface area contributed by atoms with Gasteiger partial charge in [-0.3, -0.25) is 4.68 Å². The number of aromatic nitrogens is 5. The van der Waals surface area contributed by atoms with Crippen LogP contribution in [0.5, 0.6) is 0 Å². The molecule has 120 valence electrons. The lowest BCUT2D eigenvalue weighted by Gasteiger charge is -2.22. The molecule has 2 atom stereocenters. The Balaban J connectivity index is 1.63. The second-order valence-electron chi connectivity index (χ2n) is 5.52. The second-order valence-corrected chi connectivity index (χ2v) is 5.52. The number of nitrogens with one attached hydrogen (secondary N) is 1. The zero-order chi connectivity index (χ0) is 16.2. The summed E-state index contributed by atoms with van der Waals surface area (Å²) in [7, 11) is 0. The first kappa shape index (κ1) is 15.4. The second kappa shape index (κ2) is 6.70. The van der Waals surface area contributed by atoms with Crippen LogP contribution in [0, 0.1) is 5.82 Å². The van der Waals surface area contributed by atoms with E-state index < -0.39 is 0 Å². The van der Waals surface area contributed by atoms with Gasteiger partial charge in [-0.1, -0.05) is 6.07 Å². The molecule has 1 aromatic carbocycles. The van der Waals surface area contributed by atoms with Crippen molar-refractivity contribution in [2.75, 3.05) is 0 Å². The highest BCUT2D eigenvalue weighted by Gasteiger charge is 2.14. The van der Waals surface area contributed by atoms with Gasteiger partial charge in [0.25, 0.3) is 0 Å². The van der Waals surface area contributed by atoms with Crippen molar-refractivity contribution in [3.05, 3.63) is 60.7 Å². The maximum absolute atomic E-state index is 14.2. The normalized spacial score (nSPS) is 13.9. The Morgan fingerprint density at radius 2 is 2.13 bits per heavy atom. The summed E-state index contributed by atoms with van der Waals surface area (Å²) in [6, 6.07) is 7.44. The third kappa shape index (κ3) is 3.45. The molecule has 3 rings (SSSR count). The number of halogens is 1. The van der Waals surface area contributed by atoms with Crippen LogP contribution in [0.4, 0.5) is 4.39 Å². The molecular formula is C16H19FN6. The van der Waals surface area contributed by atoms with Crippen molar-refractivity contribution >= 4 is 0 Å². The molecule has 0 bridgehead atoms.